The molecule has 5 heteroatoms. The molecule has 17 heavy (non-hydrogen) atoms. The normalized spacial score (nSPS) is 10.1. The highest BCUT2D eigenvalue weighted by atomic mass is 32.1. The van der Waals surface area contributed by atoms with Gasteiger partial charge in [0.15, 0.2) is 0 Å². The maximum atomic E-state index is 11.5. The molecule has 0 fully saturated rings. The number of thiocarbonyl (C=S) groups is 1. The maximum absolute atomic E-state index is 11.5. The van der Waals surface area contributed by atoms with Crippen LogP contribution in [0.4, 0.5) is 0 Å². The molecule has 0 aliphatic rings. The van der Waals surface area contributed by atoms with Gasteiger partial charge in [0.05, 0.1) is 6.54 Å². The SMILES string of the molecule is NC(=S)c1cccc(Cn2ncccc2=O)c1. The van der Waals surface area contributed by atoms with Crippen molar-refractivity contribution in [2.75, 3.05) is 0 Å². The van der Waals surface area contributed by atoms with Crippen LogP contribution in [-0.2, 0) is 6.54 Å². The lowest BCUT2D eigenvalue weighted by molar-refractivity contribution is 0.639. The molecule has 0 aliphatic carbocycles. The van der Waals surface area contributed by atoms with E-state index >= 15 is 0 Å². The van der Waals surface area contributed by atoms with Gasteiger partial charge in [-0.05, 0) is 17.7 Å². The van der Waals surface area contributed by atoms with E-state index in [1.165, 1.54) is 10.7 Å². The smallest absolute Gasteiger partial charge is 0.267 e. The zero-order chi connectivity index (χ0) is 12.3. The van der Waals surface area contributed by atoms with Crippen molar-refractivity contribution in [2.24, 2.45) is 5.73 Å². The summed E-state index contributed by atoms with van der Waals surface area (Å²) in [5.74, 6) is 0. The third-order valence-corrected chi connectivity index (χ3v) is 2.56. The number of hydrogen-bond donors (Lipinski definition) is 1. The molecule has 86 valence electrons. The summed E-state index contributed by atoms with van der Waals surface area (Å²) in [6.45, 7) is 0.413. The van der Waals surface area contributed by atoms with E-state index in [0.717, 1.165) is 11.1 Å². The second-order valence-corrected chi connectivity index (χ2v) is 4.02. The van der Waals surface area contributed by atoms with Crippen molar-refractivity contribution < 1.29 is 0 Å². The predicted molar refractivity (Wildman–Crippen MR) is 69.9 cm³/mol. The highest BCUT2D eigenvalue weighted by Crippen LogP contribution is 2.05. The summed E-state index contributed by atoms with van der Waals surface area (Å²) in [7, 11) is 0. The van der Waals surface area contributed by atoms with Crippen LogP contribution in [-0.4, -0.2) is 14.8 Å². The first-order valence-corrected chi connectivity index (χ1v) is 5.48. The Labute approximate surface area is 104 Å². The topological polar surface area (TPSA) is 60.9 Å². The van der Waals surface area contributed by atoms with Crippen molar-refractivity contribution in [3.8, 4) is 0 Å². The minimum atomic E-state index is -0.131. The molecule has 1 heterocycles. The molecule has 1 aromatic heterocycles. The molecule has 0 unspecified atom stereocenters. The first kappa shape index (κ1) is 11.5. The number of nitrogens with zero attached hydrogens (tertiary/aromatic N) is 2. The van der Waals surface area contributed by atoms with Crippen LogP contribution in [0.1, 0.15) is 11.1 Å². The molecule has 0 amide bonds. The second-order valence-electron chi connectivity index (χ2n) is 3.58. The van der Waals surface area contributed by atoms with E-state index in [1.807, 2.05) is 24.3 Å². The van der Waals surface area contributed by atoms with Crippen LogP contribution in [0.5, 0.6) is 0 Å². The van der Waals surface area contributed by atoms with Gasteiger partial charge in [0, 0.05) is 17.8 Å². The van der Waals surface area contributed by atoms with E-state index in [0.29, 0.717) is 11.5 Å². The molecule has 0 spiro atoms. The zero-order valence-electron chi connectivity index (χ0n) is 9.04. The molecule has 4 nitrogen and oxygen atoms in total. The average Bonchev–Trinajstić information content (AvgIpc) is 2.32. The summed E-state index contributed by atoms with van der Waals surface area (Å²) in [6, 6.07) is 10.6. The van der Waals surface area contributed by atoms with Crippen LogP contribution in [0.2, 0.25) is 0 Å². The average molecular weight is 245 g/mol. The van der Waals surface area contributed by atoms with Gasteiger partial charge in [-0.15, -0.1) is 0 Å². The number of hydrogen-bond acceptors (Lipinski definition) is 3. The Morgan fingerprint density at radius 2 is 2.18 bits per heavy atom. The molecule has 0 saturated heterocycles. The van der Waals surface area contributed by atoms with Gasteiger partial charge in [0.2, 0.25) is 0 Å². The zero-order valence-corrected chi connectivity index (χ0v) is 9.85. The largest absolute Gasteiger partial charge is 0.389 e. The van der Waals surface area contributed by atoms with Crippen LogP contribution in [0.25, 0.3) is 0 Å². The highest BCUT2D eigenvalue weighted by molar-refractivity contribution is 7.80. The molecular weight excluding hydrogens is 234 g/mol. The number of nitrogens with two attached hydrogens (primary N) is 1. The lowest BCUT2D eigenvalue weighted by Crippen LogP contribution is -2.21. The Morgan fingerprint density at radius 3 is 2.88 bits per heavy atom. The number of aromatic nitrogens is 2. The van der Waals surface area contributed by atoms with Gasteiger partial charge in [0.25, 0.3) is 5.56 Å². The molecule has 0 aliphatic heterocycles. The van der Waals surface area contributed by atoms with Gasteiger partial charge >= 0.3 is 0 Å². The fourth-order valence-corrected chi connectivity index (χ4v) is 1.63. The fraction of sp³-hybridized carbons (Fsp3) is 0.0833. The summed E-state index contributed by atoms with van der Waals surface area (Å²) in [4.78, 5) is 11.8. The van der Waals surface area contributed by atoms with Crippen molar-refractivity contribution >= 4 is 17.2 Å². The van der Waals surface area contributed by atoms with Gasteiger partial charge < -0.3 is 5.73 Å². The Balaban J connectivity index is 2.31. The standard InChI is InChI=1S/C12H11N3OS/c13-12(17)10-4-1-3-9(7-10)8-15-11(16)5-2-6-14-15/h1-7H,8H2,(H2,13,17). The van der Waals surface area contributed by atoms with E-state index in [1.54, 1.807) is 12.3 Å². The van der Waals surface area contributed by atoms with Gasteiger partial charge in [-0.2, -0.15) is 5.10 Å². The molecule has 0 bridgehead atoms. The highest BCUT2D eigenvalue weighted by Gasteiger charge is 2.01. The molecule has 0 saturated carbocycles. The summed E-state index contributed by atoms with van der Waals surface area (Å²) in [6.07, 6.45) is 1.58. The van der Waals surface area contributed by atoms with Gasteiger partial charge in [0.1, 0.15) is 4.99 Å². The monoisotopic (exact) mass is 245 g/mol. The van der Waals surface area contributed by atoms with Crippen LogP contribution in [0, 0.1) is 0 Å². The summed E-state index contributed by atoms with van der Waals surface area (Å²) < 4.78 is 1.39. The third-order valence-electron chi connectivity index (χ3n) is 2.33. The summed E-state index contributed by atoms with van der Waals surface area (Å²) in [5, 5.41) is 3.99. The van der Waals surface area contributed by atoms with E-state index in [2.05, 4.69) is 5.10 Å². The van der Waals surface area contributed by atoms with Crippen LogP contribution in [0.15, 0.2) is 47.4 Å². The Morgan fingerprint density at radius 1 is 1.35 bits per heavy atom. The third kappa shape index (κ3) is 2.76. The Kier molecular flexibility index (Phi) is 3.30. The first-order valence-electron chi connectivity index (χ1n) is 5.08. The lowest BCUT2D eigenvalue weighted by atomic mass is 10.1. The van der Waals surface area contributed by atoms with Gasteiger partial charge in [-0.3, -0.25) is 4.79 Å². The second kappa shape index (κ2) is 4.88. The van der Waals surface area contributed by atoms with Crippen LogP contribution in [0.3, 0.4) is 0 Å². The van der Waals surface area contributed by atoms with E-state index in [4.69, 9.17) is 18.0 Å². The molecule has 1 aromatic carbocycles. The van der Waals surface area contributed by atoms with Crippen molar-refractivity contribution in [1.29, 1.82) is 0 Å². The minimum Gasteiger partial charge on any atom is -0.389 e. The maximum Gasteiger partial charge on any atom is 0.267 e. The van der Waals surface area contributed by atoms with E-state index in [9.17, 15) is 4.79 Å². The van der Waals surface area contributed by atoms with Gasteiger partial charge in [-0.1, -0.05) is 30.4 Å². The Hall–Kier alpha value is -2.01. The summed E-state index contributed by atoms with van der Waals surface area (Å²) in [5.41, 5.74) is 7.16. The van der Waals surface area contributed by atoms with Crippen molar-refractivity contribution in [3.63, 3.8) is 0 Å². The number of rotatable bonds is 3. The quantitative estimate of drug-likeness (QED) is 0.817. The molecule has 2 N–H and O–H groups in total. The van der Waals surface area contributed by atoms with Crippen molar-refractivity contribution in [2.45, 2.75) is 6.54 Å². The fourth-order valence-electron chi connectivity index (χ4n) is 1.50. The molecule has 0 radical (unpaired) electrons. The van der Waals surface area contributed by atoms with Crippen molar-refractivity contribution in [1.82, 2.24) is 9.78 Å². The van der Waals surface area contributed by atoms with Crippen LogP contribution < -0.4 is 11.3 Å². The van der Waals surface area contributed by atoms with Crippen LogP contribution >= 0.6 is 12.2 Å². The lowest BCUT2D eigenvalue weighted by Gasteiger charge is -2.05. The molecule has 0 atom stereocenters. The first-order chi connectivity index (χ1) is 8.16. The Bertz CT molecular complexity index is 606. The summed E-state index contributed by atoms with van der Waals surface area (Å²) >= 11 is 4.91. The molecular formula is C12H11N3OS. The number of benzene rings is 1. The molecule has 2 rings (SSSR count). The minimum absolute atomic E-state index is 0.131. The molecule has 2 aromatic rings. The van der Waals surface area contributed by atoms with Crippen molar-refractivity contribution in [3.05, 3.63) is 64.1 Å². The van der Waals surface area contributed by atoms with Gasteiger partial charge in [-0.25, -0.2) is 4.68 Å². The van der Waals surface area contributed by atoms with E-state index in [-0.39, 0.29) is 5.56 Å². The van der Waals surface area contributed by atoms with E-state index < -0.39 is 0 Å². The predicted octanol–water partition coefficient (Wildman–Crippen LogP) is 0.926.